The van der Waals surface area contributed by atoms with Crippen LogP contribution >= 0.6 is 11.3 Å². The zero-order chi connectivity index (χ0) is 13.8. The van der Waals surface area contributed by atoms with Crippen LogP contribution in [0.2, 0.25) is 0 Å². The van der Waals surface area contributed by atoms with Crippen LogP contribution in [0.3, 0.4) is 0 Å². The summed E-state index contributed by atoms with van der Waals surface area (Å²) in [4.78, 5) is 16.7. The van der Waals surface area contributed by atoms with E-state index in [1.54, 1.807) is 0 Å². The van der Waals surface area contributed by atoms with Gasteiger partial charge in [-0.3, -0.25) is 4.79 Å². The number of amides is 1. The van der Waals surface area contributed by atoms with E-state index in [-0.39, 0.29) is 11.4 Å². The lowest BCUT2D eigenvalue weighted by Crippen LogP contribution is -2.42. The van der Waals surface area contributed by atoms with Crippen molar-refractivity contribution in [3.63, 3.8) is 0 Å². The molecule has 0 aliphatic heterocycles. The Bertz CT molecular complexity index is 414. The molecule has 0 aliphatic rings. The first-order chi connectivity index (χ1) is 8.39. The first kappa shape index (κ1) is 14.8. The summed E-state index contributed by atoms with van der Waals surface area (Å²) in [5.74, 6) is 0.143. The molecule has 0 saturated heterocycles. The Hall–Kier alpha value is -1.30. The van der Waals surface area contributed by atoms with Gasteiger partial charge in [-0.2, -0.15) is 0 Å². The van der Waals surface area contributed by atoms with Crippen LogP contribution in [0, 0.1) is 0 Å². The highest BCUT2D eigenvalue weighted by Crippen LogP contribution is 2.25. The maximum atomic E-state index is 12.1. The zero-order valence-electron chi connectivity index (χ0n) is 11.5. The Balaban J connectivity index is 2.77. The van der Waals surface area contributed by atoms with Crippen LogP contribution in [0.5, 0.6) is 0 Å². The van der Waals surface area contributed by atoms with Crippen LogP contribution in [0.4, 0.5) is 10.9 Å². The van der Waals surface area contributed by atoms with Crippen LogP contribution in [-0.2, 0) is 0 Å². The van der Waals surface area contributed by atoms with Gasteiger partial charge in [0.1, 0.15) is 10.7 Å². The third kappa shape index (κ3) is 3.87. The first-order valence-electron chi connectivity index (χ1n) is 6.22. The summed E-state index contributed by atoms with van der Waals surface area (Å²) < 4.78 is 0. The number of anilines is 2. The lowest BCUT2D eigenvalue weighted by atomic mass is 10.0. The van der Waals surface area contributed by atoms with Crippen LogP contribution in [-0.4, -0.2) is 23.0 Å². The molecular formula is C12H22N4OS. The number of hydrogen-bond donors (Lipinski definition) is 3. The molecule has 1 aromatic heterocycles. The van der Waals surface area contributed by atoms with E-state index in [9.17, 15) is 4.79 Å². The van der Waals surface area contributed by atoms with Gasteiger partial charge in [-0.15, -0.1) is 0 Å². The monoisotopic (exact) mass is 270 g/mol. The third-order valence-electron chi connectivity index (χ3n) is 2.72. The van der Waals surface area contributed by atoms with Gasteiger partial charge in [0, 0.05) is 12.1 Å². The summed E-state index contributed by atoms with van der Waals surface area (Å²) in [6.45, 7) is 8.90. The number of hydrogen-bond acceptors (Lipinski definition) is 5. The minimum atomic E-state index is -0.232. The van der Waals surface area contributed by atoms with Crippen molar-refractivity contribution in [1.82, 2.24) is 10.3 Å². The Morgan fingerprint density at radius 1 is 1.44 bits per heavy atom. The fraction of sp³-hybridized carbons (Fsp3) is 0.667. The average molecular weight is 270 g/mol. The Morgan fingerprint density at radius 2 is 2.11 bits per heavy atom. The lowest BCUT2D eigenvalue weighted by molar-refractivity contribution is 0.0916. The minimum absolute atomic E-state index is 0.151. The van der Waals surface area contributed by atoms with Gasteiger partial charge in [-0.05, 0) is 26.7 Å². The van der Waals surface area contributed by atoms with E-state index in [0.29, 0.717) is 15.8 Å². The lowest BCUT2D eigenvalue weighted by Gasteiger charge is -2.23. The quantitative estimate of drug-likeness (QED) is 0.742. The summed E-state index contributed by atoms with van der Waals surface area (Å²) in [7, 11) is 0. The van der Waals surface area contributed by atoms with Crippen molar-refractivity contribution < 1.29 is 4.79 Å². The summed E-state index contributed by atoms with van der Waals surface area (Å²) in [6.07, 6.45) is 1.86. The molecule has 0 aromatic carbocycles. The third-order valence-corrected chi connectivity index (χ3v) is 3.75. The Labute approximate surface area is 112 Å². The summed E-state index contributed by atoms with van der Waals surface area (Å²) in [5.41, 5.74) is 5.54. The van der Waals surface area contributed by atoms with Gasteiger partial charge >= 0.3 is 0 Å². The molecule has 0 bridgehead atoms. The van der Waals surface area contributed by atoms with Crippen molar-refractivity contribution in [2.75, 3.05) is 17.6 Å². The summed E-state index contributed by atoms with van der Waals surface area (Å²) >= 11 is 1.30. The van der Waals surface area contributed by atoms with E-state index in [1.807, 2.05) is 20.8 Å². The molecule has 0 saturated carbocycles. The van der Waals surface area contributed by atoms with E-state index in [0.717, 1.165) is 19.4 Å². The molecule has 0 radical (unpaired) electrons. The van der Waals surface area contributed by atoms with Crippen molar-refractivity contribution in [3.05, 3.63) is 4.88 Å². The number of rotatable bonds is 6. The summed E-state index contributed by atoms with van der Waals surface area (Å²) in [5, 5.41) is 6.79. The minimum Gasteiger partial charge on any atom is -0.382 e. The van der Waals surface area contributed by atoms with Gasteiger partial charge < -0.3 is 16.4 Å². The number of nitrogen functional groups attached to an aromatic ring is 1. The van der Waals surface area contributed by atoms with Crippen LogP contribution in [0.15, 0.2) is 0 Å². The van der Waals surface area contributed by atoms with Gasteiger partial charge in [0.15, 0.2) is 5.13 Å². The predicted molar refractivity (Wildman–Crippen MR) is 77.1 cm³/mol. The average Bonchev–Trinajstić information content (AvgIpc) is 2.67. The molecule has 6 heteroatoms. The van der Waals surface area contributed by atoms with Crippen molar-refractivity contribution in [2.24, 2.45) is 0 Å². The number of nitrogens with one attached hydrogen (secondary N) is 2. The van der Waals surface area contributed by atoms with E-state index < -0.39 is 0 Å². The SMILES string of the molecule is CCCNc1nc(N)c(C(=O)NC(C)(C)CC)s1. The second-order valence-corrected chi connectivity index (χ2v) is 5.85. The molecule has 0 aliphatic carbocycles. The van der Waals surface area contributed by atoms with Crippen molar-refractivity contribution in [3.8, 4) is 0 Å². The molecule has 0 spiro atoms. The molecule has 18 heavy (non-hydrogen) atoms. The number of nitrogens with zero attached hydrogens (tertiary/aromatic N) is 1. The molecule has 5 nitrogen and oxygen atoms in total. The van der Waals surface area contributed by atoms with Crippen LogP contribution in [0.1, 0.15) is 50.2 Å². The van der Waals surface area contributed by atoms with Crippen LogP contribution in [0.25, 0.3) is 0 Å². The van der Waals surface area contributed by atoms with Crippen molar-refractivity contribution >= 4 is 28.2 Å². The molecular weight excluding hydrogens is 248 g/mol. The second-order valence-electron chi connectivity index (χ2n) is 4.85. The van der Waals surface area contributed by atoms with Gasteiger partial charge in [0.2, 0.25) is 0 Å². The maximum Gasteiger partial charge on any atom is 0.265 e. The highest BCUT2D eigenvalue weighted by Gasteiger charge is 2.22. The van der Waals surface area contributed by atoms with E-state index in [4.69, 9.17) is 5.73 Å². The number of nitrogens with two attached hydrogens (primary N) is 1. The molecule has 0 fully saturated rings. The molecule has 0 atom stereocenters. The summed E-state index contributed by atoms with van der Waals surface area (Å²) in [6, 6.07) is 0. The van der Waals surface area contributed by atoms with Gasteiger partial charge in [-0.1, -0.05) is 25.2 Å². The molecule has 102 valence electrons. The Morgan fingerprint density at radius 3 is 2.67 bits per heavy atom. The van der Waals surface area contributed by atoms with Crippen LogP contribution < -0.4 is 16.4 Å². The van der Waals surface area contributed by atoms with Gasteiger partial charge in [0.25, 0.3) is 5.91 Å². The second kappa shape index (κ2) is 6.04. The number of aromatic nitrogens is 1. The fourth-order valence-electron chi connectivity index (χ4n) is 1.25. The standard InChI is InChI=1S/C12H22N4OS/c1-5-7-14-11-15-9(13)8(18-11)10(17)16-12(3,4)6-2/h5-7,13H2,1-4H3,(H,14,15)(H,16,17). The van der Waals surface area contributed by atoms with E-state index in [2.05, 4.69) is 22.5 Å². The zero-order valence-corrected chi connectivity index (χ0v) is 12.3. The predicted octanol–water partition coefficient (Wildman–Crippen LogP) is 2.47. The number of carbonyl (C=O) groups is 1. The molecule has 1 rings (SSSR count). The number of thiazole rings is 1. The fourth-order valence-corrected chi connectivity index (χ4v) is 2.06. The normalized spacial score (nSPS) is 11.3. The molecule has 1 aromatic rings. The van der Waals surface area contributed by atoms with Gasteiger partial charge in [-0.25, -0.2) is 4.98 Å². The largest absolute Gasteiger partial charge is 0.382 e. The Kier molecular flexibility index (Phi) is 4.95. The number of carbonyl (C=O) groups excluding carboxylic acids is 1. The molecule has 1 heterocycles. The smallest absolute Gasteiger partial charge is 0.265 e. The first-order valence-corrected chi connectivity index (χ1v) is 7.04. The highest BCUT2D eigenvalue weighted by atomic mass is 32.1. The van der Waals surface area contributed by atoms with Gasteiger partial charge in [0.05, 0.1) is 0 Å². The van der Waals surface area contributed by atoms with E-state index >= 15 is 0 Å². The molecule has 1 amide bonds. The van der Waals surface area contributed by atoms with Crippen molar-refractivity contribution in [2.45, 2.75) is 46.1 Å². The highest BCUT2D eigenvalue weighted by molar-refractivity contribution is 7.18. The topological polar surface area (TPSA) is 80.0 Å². The maximum absolute atomic E-state index is 12.1. The van der Waals surface area contributed by atoms with Crippen molar-refractivity contribution in [1.29, 1.82) is 0 Å². The molecule has 4 N–H and O–H groups in total. The van der Waals surface area contributed by atoms with E-state index in [1.165, 1.54) is 11.3 Å². The molecule has 0 unspecified atom stereocenters.